The first-order valence-corrected chi connectivity index (χ1v) is 5.46. The van der Waals surface area contributed by atoms with Crippen LogP contribution in [-0.2, 0) is 16.0 Å². The van der Waals surface area contributed by atoms with Gasteiger partial charge in [0.25, 0.3) is 0 Å². The molecule has 2 rings (SSSR count). The van der Waals surface area contributed by atoms with Gasteiger partial charge in [-0.2, -0.15) is 4.98 Å². The zero-order chi connectivity index (χ0) is 13.0. The Morgan fingerprint density at radius 1 is 1.33 bits per heavy atom. The van der Waals surface area contributed by atoms with Crippen LogP contribution in [-0.4, -0.2) is 32.7 Å². The van der Waals surface area contributed by atoms with Gasteiger partial charge in [-0.05, 0) is 19.4 Å². The summed E-state index contributed by atoms with van der Waals surface area (Å²) >= 11 is 0. The summed E-state index contributed by atoms with van der Waals surface area (Å²) < 4.78 is 9.70. The van der Waals surface area contributed by atoms with Gasteiger partial charge in [0.2, 0.25) is 17.5 Å². The molecule has 94 valence electrons. The van der Waals surface area contributed by atoms with E-state index in [1.165, 1.54) is 0 Å². The summed E-state index contributed by atoms with van der Waals surface area (Å²) in [6, 6.07) is 0. The predicted octanol–water partition coefficient (Wildman–Crippen LogP) is 0.941. The van der Waals surface area contributed by atoms with E-state index in [1.54, 1.807) is 19.3 Å². The van der Waals surface area contributed by atoms with Gasteiger partial charge in [-0.25, -0.2) is 9.97 Å². The monoisotopic (exact) mass is 248 g/mol. The number of aryl methyl sites for hydroxylation is 1. The van der Waals surface area contributed by atoms with Crippen LogP contribution in [0.2, 0.25) is 0 Å². The molecule has 0 saturated heterocycles. The molecule has 2 heterocycles. The Kier molecular flexibility index (Phi) is 3.61. The molecule has 0 N–H and O–H groups in total. The molecule has 0 saturated carbocycles. The number of carbonyl (C=O) groups is 1. The maximum atomic E-state index is 11.2. The number of esters is 1. The molecule has 0 atom stereocenters. The van der Waals surface area contributed by atoms with Gasteiger partial charge < -0.3 is 9.26 Å². The Morgan fingerprint density at radius 2 is 2.06 bits per heavy atom. The number of rotatable bonds is 4. The van der Waals surface area contributed by atoms with Crippen molar-refractivity contribution in [2.75, 3.05) is 6.61 Å². The summed E-state index contributed by atoms with van der Waals surface area (Å²) in [6.45, 7) is 3.93. The lowest BCUT2D eigenvalue weighted by Crippen LogP contribution is -2.07. The van der Waals surface area contributed by atoms with E-state index in [2.05, 4.69) is 20.1 Å². The van der Waals surface area contributed by atoms with Crippen LogP contribution in [0, 0.1) is 6.92 Å². The molecule has 0 aromatic carbocycles. The van der Waals surface area contributed by atoms with Crippen LogP contribution in [0.25, 0.3) is 11.6 Å². The Morgan fingerprint density at radius 3 is 2.72 bits per heavy atom. The third-order valence-corrected chi connectivity index (χ3v) is 2.05. The van der Waals surface area contributed by atoms with Crippen molar-refractivity contribution in [1.82, 2.24) is 20.1 Å². The lowest BCUT2D eigenvalue weighted by atomic mass is 10.4. The van der Waals surface area contributed by atoms with E-state index < -0.39 is 5.97 Å². The van der Waals surface area contributed by atoms with Gasteiger partial charge in [0.15, 0.2) is 0 Å². The first kappa shape index (κ1) is 12.2. The third-order valence-electron chi connectivity index (χ3n) is 2.05. The first-order chi connectivity index (χ1) is 8.69. The average molecular weight is 248 g/mol. The lowest BCUT2D eigenvalue weighted by Gasteiger charge is -1.96. The second kappa shape index (κ2) is 5.35. The first-order valence-electron chi connectivity index (χ1n) is 5.46. The quantitative estimate of drug-likeness (QED) is 0.743. The molecular formula is C11H12N4O3. The Balaban J connectivity index is 2.10. The zero-order valence-corrected chi connectivity index (χ0v) is 10.1. The molecule has 0 radical (unpaired) electrons. The van der Waals surface area contributed by atoms with Crippen molar-refractivity contribution in [3.63, 3.8) is 0 Å². The number of nitrogens with zero attached hydrogens (tertiary/aromatic N) is 4. The van der Waals surface area contributed by atoms with Gasteiger partial charge in [-0.15, -0.1) is 0 Å². The highest BCUT2D eigenvalue weighted by Gasteiger charge is 2.14. The van der Waals surface area contributed by atoms with Crippen LogP contribution in [0.5, 0.6) is 0 Å². The van der Waals surface area contributed by atoms with Crippen LogP contribution in [0.3, 0.4) is 0 Å². The molecule has 7 nitrogen and oxygen atoms in total. The maximum Gasteiger partial charge on any atom is 0.315 e. The van der Waals surface area contributed by atoms with E-state index in [4.69, 9.17) is 9.26 Å². The number of ether oxygens (including phenoxy) is 1. The molecule has 0 bridgehead atoms. The Hall–Kier alpha value is -2.31. The van der Waals surface area contributed by atoms with Crippen LogP contribution in [0.4, 0.5) is 0 Å². The van der Waals surface area contributed by atoms with Crippen molar-refractivity contribution in [3.8, 4) is 11.6 Å². The van der Waals surface area contributed by atoms with Crippen molar-refractivity contribution in [2.24, 2.45) is 0 Å². The summed E-state index contributed by atoms with van der Waals surface area (Å²) in [4.78, 5) is 23.4. The van der Waals surface area contributed by atoms with E-state index in [1.807, 2.05) is 6.92 Å². The van der Waals surface area contributed by atoms with Gasteiger partial charge >= 0.3 is 5.97 Å². The minimum Gasteiger partial charge on any atom is -0.466 e. The molecule has 7 heteroatoms. The van der Waals surface area contributed by atoms with E-state index >= 15 is 0 Å². The molecule has 0 fully saturated rings. The fourth-order valence-corrected chi connectivity index (χ4v) is 1.26. The average Bonchev–Trinajstić information content (AvgIpc) is 2.78. The number of hydrogen-bond donors (Lipinski definition) is 0. The molecule has 0 spiro atoms. The smallest absolute Gasteiger partial charge is 0.315 e. The summed E-state index contributed by atoms with van der Waals surface area (Å²) in [5, 5.41) is 3.71. The highest BCUT2D eigenvalue weighted by atomic mass is 16.5. The second-order valence-corrected chi connectivity index (χ2v) is 3.58. The SMILES string of the molecule is CCOC(=O)Cc1nc(-c2ncc(C)cn2)no1. The summed E-state index contributed by atoms with van der Waals surface area (Å²) in [5.41, 5.74) is 0.939. The lowest BCUT2D eigenvalue weighted by molar-refractivity contribution is -0.142. The summed E-state index contributed by atoms with van der Waals surface area (Å²) in [5.74, 6) is 0.402. The van der Waals surface area contributed by atoms with Crippen LogP contribution in [0.1, 0.15) is 18.4 Å². The van der Waals surface area contributed by atoms with E-state index in [-0.39, 0.29) is 18.1 Å². The molecule has 0 unspecified atom stereocenters. The molecule has 2 aromatic rings. The van der Waals surface area contributed by atoms with Crippen molar-refractivity contribution in [3.05, 3.63) is 23.8 Å². The fraction of sp³-hybridized carbons (Fsp3) is 0.364. The number of hydrogen-bond acceptors (Lipinski definition) is 7. The largest absolute Gasteiger partial charge is 0.466 e. The van der Waals surface area contributed by atoms with Crippen LogP contribution >= 0.6 is 0 Å². The van der Waals surface area contributed by atoms with Gasteiger partial charge in [0, 0.05) is 12.4 Å². The van der Waals surface area contributed by atoms with Gasteiger partial charge in [0.1, 0.15) is 6.42 Å². The molecule has 0 aliphatic carbocycles. The van der Waals surface area contributed by atoms with E-state index in [9.17, 15) is 4.79 Å². The molecule has 0 amide bonds. The summed E-state index contributed by atoms with van der Waals surface area (Å²) in [7, 11) is 0. The van der Waals surface area contributed by atoms with Crippen molar-refractivity contribution in [1.29, 1.82) is 0 Å². The van der Waals surface area contributed by atoms with Crippen LogP contribution < -0.4 is 0 Å². The minimum atomic E-state index is -0.405. The van der Waals surface area contributed by atoms with Crippen LogP contribution in [0.15, 0.2) is 16.9 Å². The van der Waals surface area contributed by atoms with Crippen molar-refractivity contribution >= 4 is 5.97 Å². The number of carbonyl (C=O) groups excluding carboxylic acids is 1. The fourth-order valence-electron chi connectivity index (χ4n) is 1.26. The normalized spacial score (nSPS) is 10.3. The Bertz CT molecular complexity index is 535. The predicted molar refractivity (Wildman–Crippen MR) is 60.4 cm³/mol. The zero-order valence-electron chi connectivity index (χ0n) is 10.1. The van der Waals surface area contributed by atoms with Gasteiger partial charge in [0.05, 0.1) is 6.61 Å². The molecular weight excluding hydrogens is 236 g/mol. The number of aromatic nitrogens is 4. The van der Waals surface area contributed by atoms with Gasteiger partial charge in [-0.1, -0.05) is 5.16 Å². The topological polar surface area (TPSA) is 91.0 Å². The Labute approximate surface area is 103 Å². The molecule has 0 aliphatic rings. The molecule has 18 heavy (non-hydrogen) atoms. The van der Waals surface area contributed by atoms with E-state index in [0.717, 1.165) is 5.56 Å². The highest BCUT2D eigenvalue weighted by Crippen LogP contribution is 2.10. The molecule has 2 aromatic heterocycles. The highest BCUT2D eigenvalue weighted by molar-refractivity contribution is 5.71. The molecule has 0 aliphatic heterocycles. The van der Waals surface area contributed by atoms with Crippen molar-refractivity contribution < 1.29 is 14.1 Å². The van der Waals surface area contributed by atoms with E-state index in [0.29, 0.717) is 12.4 Å². The minimum absolute atomic E-state index is 0.0489. The third kappa shape index (κ3) is 2.88. The van der Waals surface area contributed by atoms with Gasteiger partial charge in [-0.3, -0.25) is 4.79 Å². The van der Waals surface area contributed by atoms with Crippen molar-refractivity contribution in [2.45, 2.75) is 20.3 Å². The summed E-state index contributed by atoms with van der Waals surface area (Å²) in [6.07, 6.45) is 3.26. The standard InChI is InChI=1S/C11H12N4O3/c1-3-17-9(16)4-8-14-11(15-18-8)10-12-5-7(2)6-13-10/h5-6H,3-4H2,1-2H3. The maximum absolute atomic E-state index is 11.2. The second-order valence-electron chi connectivity index (χ2n) is 3.58.